The molecule has 1 unspecified atom stereocenters. The molecule has 1 atom stereocenters. The minimum Gasteiger partial charge on any atom is -0.301 e. The van der Waals surface area contributed by atoms with Gasteiger partial charge in [0.15, 0.2) is 0 Å². The second kappa shape index (κ2) is 4.78. The van der Waals surface area contributed by atoms with Gasteiger partial charge in [-0.05, 0) is 30.9 Å². The molecule has 19 heavy (non-hydrogen) atoms. The smallest absolute Gasteiger partial charge is 0.247 e. The molecular weight excluding hydrogens is 240 g/mol. The zero-order valence-electron chi connectivity index (χ0n) is 11.1. The summed E-state index contributed by atoms with van der Waals surface area (Å²) in [4.78, 5) is 25.4. The van der Waals surface area contributed by atoms with Crippen molar-refractivity contribution in [2.24, 2.45) is 0 Å². The van der Waals surface area contributed by atoms with Crippen LogP contribution in [-0.4, -0.2) is 28.8 Å². The zero-order valence-corrected chi connectivity index (χ0v) is 11.1. The topological polar surface area (TPSA) is 49.4 Å². The van der Waals surface area contributed by atoms with E-state index in [-0.39, 0.29) is 23.9 Å². The van der Waals surface area contributed by atoms with Crippen molar-refractivity contribution in [3.8, 4) is 0 Å². The molecule has 1 aliphatic heterocycles. The van der Waals surface area contributed by atoms with E-state index in [0.29, 0.717) is 13.0 Å². The second-order valence-corrected chi connectivity index (χ2v) is 5.40. The van der Waals surface area contributed by atoms with Crippen LogP contribution in [0.1, 0.15) is 30.4 Å². The van der Waals surface area contributed by atoms with Gasteiger partial charge in [0.05, 0.1) is 12.5 Å². The predicted molar refractivity (Wildman–Crippen MR) is 71.3 cm³/mol. The number of amides is 2. The summed E-state index contributed by atoms with van der Waals surface area (Å²) in [5, 5.41) is 3.22. The Labute approximate surface area is 112 Å². The SMILES string of the molecule is Cc1ccccc1CNC1CC(=O)N(C2CC2)C1=O. The molecule has 4 heteroatoms. The van der Waals surface area contributed by atoms with Gasteiger partial charge in [-0.25, -0.2) is 0 Å². The minimum absolute atomic E-state index is 0.0187. The molecule has 1 aromatic carbocycles. The molecule has 100 valence electrons. The van der Waals surface area contributed by atoms with Crippen molar-refractivity contribution in [2.45, 2.75) is 44.8 Å². The maximum atomic E-state index is 12.1. The fourth-order valence-corrected chi connectivity index (χ4v) is 2.57. The quantitative estimate of drug-likeness (QED) is 0.830. The summed E-state index contributed by atoms with van der Waals surface area (Å²) >= 11 is 0. The molecule has 1 aliphatic carbocycles. The average Bonchev–Trinajstić information content (AvgIpc) is 3.16. The van der Waals surface area contributed by atoms with Gasteiger partial charge in [0.2, 0.25) is 11.8 Å². The first-order chi connectivity index (χ1) is 9.16. The number of rotatable bonds is 4. The molecule has 1 heterocycles. The molecule has 4 nitrogen and oxygen atoms in total. The highest BCUT2D eigenvalue weighted by atomic mass is 16.2. The van der Waals surface area contributed by atoms with Crippen LogP contribution in [0.5, 0.6) is 0 Å². The summed E-state index contributed by atoms with van der Waals surface area (Å²) in [5.41, 5.74) is 2.37. The zero-order chi connectivity index (χ0) is 13.4. The molecule has 0 aromatic heterocycles. The van der Waals surface area contributed by atoms with Gasteiger partial charge < -0.3 is 5.32 Å². The molecule has 0 spiro atoms. The lowest BCUT2D eigenvalue weighted by atomic mass is 10.1. The molecule has 1 saturated carbocycles. The standard InChI is InChI=1S/C15H18N2O2/c1-10-4-2-3-5-11(10)9-16-13-8-14(18)17(15(13)19)12-6-7-12/h2-5,12-13,16H,6-9H2,1H3. The van der Waals surface area contributed by atoms with E-state index in [2.05, 4.69) is 18.3 Å². The van der Waals surface area contributed by atoms with Crippen molar-refractivity contribution in [3.63, 3.8) is 0 Å². The lowest BCUT2D eigenvalue weighted by Gasteiger charge is -2.15. The van der Waals surface area contributed by atoms with Crippen LogP contribution in [0.2, 0.25) is 0 Å². The molecule has 1 saturated heterocycles. The van der Waals surface area contributed by atoms with Crippen molar-refractivity contribution >= 4 is 11.8 Å². The Morgan fingerprint density at radius 3 is 2.68 bits per heavy atom. The van der Waals surface area contributed by atoms with Crippen LogP contribution in [0.25, 0.3) is 0 Å². The van der Waals surface area contributed by atoms with E-state index in [0.717, 1.165) is 12.8 Å². The third-order valence-corrected chi connectivity index (χ3v) is 3.90. The van der Waals surface area contributed by atoms with Crippen molar-refractivity contribution < 1.29 is 9.59 Å². The number of imide groups is 1. The molecule has 2 amide bonds. The summed E-state index contributed by atoms with van der Waals surface area (Å²) in [6.07, 6.45) is 2.26. The van der Waals surface area contributed by atoms with Crippen LogP contribution >= 0.6 is 0 Å². The van der Waals surface area contributed by atoms with E-state index < -0.39 is 0 Å². The average molecular weight is 258 g/mol. The summed E-state index contributed by atoms with van der Waals surface area (Å²) in [6, 6.07) is 7.93. The Hall–Kier alpha value is -1.68. The maximum Gasteiger partial charge on any atom is 0.247 e. The lowest BCUT2D eigenvalue weighted by Crippen LogP contribution is -2.39. The normalized spacial score (nSPS) is 23.2. The van der Waals surface area contributed by atoms with Crippen molar-refractivity contribution in [1.82, 2.24) is 10.2 Å². The van der Waals surface area contributed by atoms with E-state index in [1.165, 1.54) is 16.0 Å². The third-order valence-electron chi connectivity index (χ3n) is 3.90. The van der Waals surface area contributed by atoms with Crippen molar-refractivity contribution in [2.75, 3.05) is 0 Å². The fraction of sp³-hybridized carbons (Fsp3) is 0.467. The summed E-state index contributed by atoms with van der Waals surface area (Å²) < 4.78 is 0. The van der Waals surface area contributed by atoms with Gasteiger partial charge in [0, 0.05) is 12.6 Å². The summed E-state index contributed by atoms with van der Waals surface area (Å²) in [5.74, 6) is -0.0594. The summed E-state index contributed by atoms with van der Waals surface area (Å²) in [7, 11) is 0. The number of nitrogens with zero attached hydrogens (tertiary/aromatic N) is 1. The molecule has 0 bridgehead atoms. The Morgan fingerprint density at radius 2 is 2.00 bits per heavy atom. The summed E-state index contributed by atoms with van der Waals surface area (Å²) in [6.45, 7) is 2.68. The first-order valence-electron chi connectivity index (χ1n) is 6.80. The predicted octanol–water partition coefficient (Wildman–Crippen LogP) is 1.37. The highest BCUT2D eigenvalue weighted by Crippen LogP contribution is 2.31. The van der Waals surface area contributed by atoms with Crippen LogP contribution in [0, 0.1) is 6.92 Å². The third kappa shape index (κ3) is 2.40. The highest BCUT2D eigenvalue weighted by molar-refractivity contribution is 6.06. The Morgan fingerprint density at radius 1 is 1.26 bits per heavy atom. The van der Waals surface area contributed by atoms with Crippen molar-refractivity contribution in [3.05, 3.63) is 35.4 Å². The number of carbonyl (C=O) groups excluding carboxylic acids is 2. The van der Waals surface area contributed by atoms with Gasteiger partial charge in [0.25, 0.3) is 0 Å². The van der Waals surface area contributed by atoms with Crippen LogP contribution < -0.4 is 5.32 Å². The highest BCUT2D eigenvalue weighted by Gasteiger charge is 2.45. The molecule has 1 N–H and O–H groups in total. The molecule has 3 rings (SSSR count). The van der Waals surface area contributed by atoms with Crippen LogP contribution in [0.3, 0.4) is 0 Å². The van der Waals surface area contributed by atoms with Gasteiger partial charge in [-0.3, -0.25) is 14.5 Å². The first kappa shape index (κ1) is 12.4. The number of hydrogen-bond acceptors (Lipinski definition) is 3. The van der Waals surface area contributed by atoms with Gasteiger partial charge in [-0.2, -0.15) is 0 Å². The van der Waals surface area contributed by atoms with Crippen LogP contribution in [-0.2, 0) is 16.1 Å². The Balaban J connectivity index is 1.63. The molecule has 2 fully saturated rings. The van der Waals surface area contributed by atoms with Gasteiger partial charge in [-0.15, -0.1) is 0 Å². The van der Waals surface area contributed by atoms with E-state index in [9.17, 15) is 9.59 Å². The largest absolute Gasteiger partial charge is 0.301 e. The van der Waals surface area contributed by atoms with E-state index in [1.807, 2.05) is 18.2 Å². The second-order valence-electron chi connectivity index (χ2n) is 5.40. The number of carbonyl (C=O) groups is 2. The van der Waals surface area contributed by atoms with Crippen LogP contribution in [0.4, 0.5) is 0 Å². The monoisotopic (exact) mass is 258 g/mol. The number of likely N-dealkylation sites (tertiary alicyclic amines) is 1. The number of hydrogen-bond donors (Lipinski definition) is 1. The van der Waals surface area contributed by atoms with Crippen LogP contribution in [0.15, 0.2) is 24.3 Å². The van der Waals surface area contributed by atoms with Gasteiger partial charge in [0.1, 0.15) is 0 Å². The van der Waals surface area contributed by atoms with E-state index >= 15 is 0 Å². The first-order valence-corrected chi connectivity index (χ1v) is 6.80. The molecule has 2 aliphatic rings. The maximum absolute atomic E-state index is 12.1. The van der Waals surface area contributed by atoms with Gasteiger partial charge >= 0.3 is 0 Å². The Bertz CT molecular complexity index is 523. The molecule has 1 aromatic rings. The Kier molecular flexibility index (Phi) is 3.11. The van der Waals surface area contributed by atoms with E-state index in [1.54, 1.807) is 0 Å². The van der Waals surface area contributed by atoms with Crippen molar-refractivity contribution in [1.29, 1.82) is 0 Å². The van der Waals surface area contributed by atoms with E-state index in [4.69, 9.17) is 0 Å². The molecular formula is C15H18N2O2. The van der Waals surface area contributed by atoms with Gasteiger partial charge in [-0.1, -0.05) is 24.3 Å². The number of aryl methyl sites for hydroxylation is 1. The number of nitrogens with one attached hydrogen (secondary N) is 1. The fourth-order valence-electron chi connectivity index (χ4n) is 2.57. The molecule has 0 radical (unpaired) electrons. The minimum atomic E-state index is -0.340. The number of benzene rings is 1. The lowest BCUT2D eigenvalue weighted by molar-refractivity contribution is -0.139.